The van der Waals surface area contributed by atoms with Gasteiger partial charge in [0.2, 0.25) is 0 Å². The molecule has 9 heteroatoms. The van der Waals surface area contributed by atoms with E-state index >= 15 is 0 Å². The molecular weight excluding hydrogens is 430 g/mol. The SMILES string of the molecule is COc1ccc2c(c1O)-c1c(OC)c(OC)cc3c1C(C2)N(C)CC3.O=C(O)/C=C/C(=O)O. The summed E-state index contributed by atoms with van der Waals surface area (Å²) in [6, 6.07) is 6.23. The number of methoxy groups -OCH3 is 3. The molecule has 0 saturated carbocycles. The number of phenols is 1. The second kappa shape index (κ2) is 9.83. The first-order valence-electron chi connectivity index (χ1n) is 10.2. The molecule has 2 aromatic rings. The number of ether oxygens (including phenoxy) is 3. The van der Waals surface area contributed by atoms with E-state index in [0.29, 0.717) is 29.4 Å². The number of nitrogens with zero attached hydrogens (tertiary/aromatic N) is 1. The highest BCUT2D eigenvalue weighted by Gasteiger charge is 2.38. The van der Waals surface area contributed by atoms with E-state index in [-0.39, 0.29) is 11.8 Å². The number of phenolic OH excluding ortho intramolecular Hbond substituents is 1. The highest BCUT2D eigenvalue weighted by molar-refractivity contribution is 5.90. The van der Waals surface area contributed by atoms with Crippen molar-refractivity contribution < 1.29 is 39.1 Å². The highest BCUT2D eigenvalue weighted by Crippen LogP contribution is 2.55. The fraction of sp³-hybridized carbons (Fsp3) is 0.333. The van der Waals surface area contributed by atoms with Gasteiger partial charge in [-0.2, -0.15) is 0 Å². The summed E-state index contributed by atoms with van der Waals surface area (Å²) < 4.78 is 16.7. The smallest absolute Gasteiger partial charge is 0.328 e. The van der Waals surface area contributed by atoms with Crippen LogP contribution in [-0.4, -0.2) is 67.1 Å². The molecule has 3 N–H and O–H groups in total. The van der Waals surface area contributed by atoms with Crippen molar-refractivity contribution in [1.29, 1.82) is 0 Å². The van der Waals surface area contributed by atoms with Crippen LogP contribution in [0, 0.1) is 0 Å². The van der Waals surface area contributed by atoms with Crippen LogP contribution in [0.15, 0.2) is 30.4 Å². The zero-order valence-corrected chi connectivity index (χ0v) is 18.9. The van der Waals surface area contributed by atoms with Crippen molar-refractivity contribution in [2.75, 3.05) is 34.9 Å². The van der Waals surface area contributed by atoms with Gasteiger partial charge in [0.15, 0.2) is 23.0 Å². The van der Waals surface area contributed by atoms with Crippen molar-refractivity contribution in [1.82, 2.24) is 4.90 Å². The van der Waals surface area contributed by atoms with Gasteiger partial charge >= 0.3 is 11.9 Å². The van der Waals surface area contributed by atoms with Gasteiger partial charge in [-0.3, -0.25) is 4.90 Å². The van der Waals surface area contributed by atoms with Crippen LogP contribution >= 0.6 is 0 Å². The van der Waals surface area contributed by atoms with E-state index < -0.39 is 11.9 Å². The third kappa shape index (κ3) is 4.58. The van der Waals surface area contributed by atoms with E-state index in [1.54, 1.807) is 21.3 Å². The number of carboxylic acid groups (broad SMARTS) is 2. The van der Waals surface area contributed by atoms with E-state index in [0.717, 1.165) is 36.1 Å². The third-order valence-corrected chi connectivity index (χ3v) is 5.87. The summed E-state index contributed by atoms with van der Waals surface area (Å²) in [6.45, 7) is 1.00. The summed E-state index contributed by atoms with van der Waals surface area (Å²) in [7, 11) is 7.02. The lowest BCUT2D eigenvalue weighted by molar-refractivity contribution is -0.134. The van der Waals surface area contributed by atoms with Gasteiger partial charge in [-0.05, 0) is 48.7 Å². The predicted octanol–water partition coefficient (Wildman–Crippen LogP) is 2.88. The van der Waals surface area contributed by atoms with Crippen LogP contribution in [0.2, 0.25) is 0 Å². The maximum Gasteiger partial charge on any atom is 0.328 e. The number of rotatable bonds is 5. The molecule has 0 amide bonds. The summed E-state index contributed by atoms with van der Waals surface area (Å²) in [5, 5.41) is 26.5. The largest absolute Gasteiger partial charge is 0.504 e. The van der Waals surface area contributed by atoms with Crippen LogP contribution in [0.5, 0.6) is 23.0 Å². The van der Waals surface area contributed by atoms with Gasteiger partial charge in [0.25, 0.3) is 0 Å². The van der Waals surface area contributed by atoms with Crippen molar-refractivity contribution in [2.24, 2.45) is 0 Å². The predicted molar refractivity (Wildman–Crippen MR) is 120 cm³/mol. The van der Waals surface area contributed by atoms with Gasteiger partial charge in [-0.1, -0.05) is 6.07 Å². The number of carboxylic acids is 2. The maximum atomic E-state index is 10.9. The number of aliphatic carboxylic acids is 2. The molecule has 0 saturated heterocycles. The Hall–Kier alpha value is -3.72. The standard InChI is InChI=1S/C20H23NO4.C4H4O4/c1-21-8-7-12-10-15(24-3)20(25-4)18-16(12)13(21)9-11-5-6-14(23-2)19(22)17(11)18;5-3(6)1-2-4(7)8/h5-6,10,13,22H,7-9H2,1-4H3;1-2H,(H,5,6)(H,7,8)/b;2-1+. The maximum absolute atomic E-state index is 10.9. The second-order valence-electron chi connectivity index (χ2n) is 7.67. The van der Waals surface area contributed by atoms with Gasteiger partial charge in [0.1, 0.15) is 0 Å². The molecule has 0 spiro atoms. The summed E-state index contributed by atoms with van der Waals surface area (Å²) in [6.07, 6.45) is 2.93. The summed E-state index contributed by atoms with van der Waals surface area (Å²) in [5.74, 6) is -0.499. The van der Waals surface area contributed by atoms with Crippen molar-refractivity contribution in [3.05, 3.63) is 47.0 Å². The molecule has 0 radical (unpaired) electrons. The van der Waals surface area contributed by atoms with E-state index in [4.69, 9.17) is 24.4 Å². The number of fused-ring (bicyclic) bond motifs is 2. The van der Waals surface area contributed by atoms with Crippen molar-refractivity contribution in [3.63, 3.8) is 0 Å². The van der Waals surface area contributed by atoms with Gasteiger partial charge in [0.05, 0.1) is 21.3 Å². The quantitative estimate of drug-likeness (QED) is 0.581. The molecule has 176 valence electrons. The van der Waals surface area contributed by atoms with Crippen molar-refractivity contribution in [3.8, 4) is 34.1 Å². The van der Waals surface area contributed by atoms with Crippen LogP contribution < -0.4 is 14.2 Å². The Morgan fingerprint density at radius 1 is 0.970 bits per heavy atom. The van der Waals surface area contributed by atoms with E-state index in [1.807, 2.05) is 12.1 Å². The molecule has 33 heavy (non-hydrogen) atoms. The molecule has 2 aromatic carbocycles. The molecule has 0 bridgehead atoms. The number of aromatic hydroxyl groups is 1. The first-order chi connectivity index (χ1) is 15.7. The summed E-state index contributed by atoms with van der Waals surface area (Å²) >= 11 is 0. The Balaban J connectivity index is 0.000000331. The highest BCUT2D eigenvalue weighted by atomic mass is 16.5. The Labute approximate surface area is 191 Å². The lowest BCUT2D eigenvalue weighted by atomic mass is 9.76. The zero-order valence-electron chi connectivity index (χ0n) is 18.9. The summed E-state index contributed by atoms with van der Waals surface area (Å²) in [5.41, 5.74) is 5.34. The van der Waals surface area contributed by atoms with Crippen molar-refractivity contribution in [2.45, 2.75) is 18.9 Å². The number of carbonyl (C=O) groups is 2. The first kappa shape index (κ1) is 23.9. The number of benzene rings is 2. The summed E-state index contributed by atoms with van der Waals surface area (Å²) in [4.78, 5) is 21.5. The average Bonchev–Trinajstić information content (AvgIpc) is 2.79. The topological polar surface area (TPSA) is 126 Å². The lowest BCUT2D eigenvalue weighted by Crippen LogP contribution is -2.35. The lowest BCUT2D eigenvalue weighted by Gasteiger charge is -2.40. The second-order valence-corrected chi connectivity index (χ2v) is 7.67. The number of hydrogen-bond acceptors (Lipinski definition) is 7. The van der Waals surface area contributed by atoms with Crippen LogP contribution in [0.3, 0.4) is 0 Å². The first-order valence-corrected chi connectivity index (χ1v) is 10.2. The fourth-order valence-electron chi connectivity index (χ4n) is 4.41. The van der Waals surface area contributed by atoms with Crippen LogP contribution in [0.4, 0.5) is 0 Å². The van der Waals surface area contributed by atoms with Gasteiger partial charge in [-0.25, -0.2) is 9.59 Å². The van der Waals surface area contributed by atoms with Crippen LogP contribution in [0.25, 0.3) is 11.1 Å². The molecule has 2 aliphatic rings. The molecule has 0 aromatic heterocycles. The number of likely N-dealkylation sites (N-methyl/N-ethyl adjacent to an activating group) is 1. The molecule has 1 atom stereocenters. The van der Waals surface area contributed by atoms with Gasteiger partial charge in [-0.15, -0.1) is 0 Å². The molecule has 1 aliphatic carbocycles. The van der Waals surface area contributed by atoms with E-state index in [1.165, 1.54) is 11.1 Å². The monoisotopic (exact) mass is 457 g/mol. The molecule has 1 unspecified atom stereocenters. The molecule has 4 rings (SSSR count). The minimum Gasteiger partial charge on any atom is -0.504 e. The minimum absolute atomic E-state index is 0.167. The normalized spacial score (nSPS) is 16.2. The van der Waals surface area contributed by atoms with Gasteiger partial charge < -0.3 is 29.5 Å². The van der Waals surface area contributed by atoms with Crippen molar-refractivity contribution >= 4 is 11.9 Å². The van der Waals surface area contributed by atoms with Crippen LogP contribution in [-0.2, 0) is 22.4 Å². The zero-order chi connectivity index (χ0) is 24.3. The average molecular weight is 457 g/mol. The Bertz CT molecular complexity index is 1090. The fourth-order valence-corrected chi connectivity index (χ4v) is 4.41. The molecule has 9 nitrogen and oxygen atoms in total. The Kier molecular flexibility index (Phi) is 7.13. The minimum atomic E-state index is -1.26. The van der Waals surface area contributed by atoms with Crippen LogP contribution in [0.1, 0.15) is 22.7 Å². The third-order valence-electron chi connectivity index (χ3n) is 5.87. The number of hydrogen-bond donors (Lipinski definition) is 3. The molecular formula is C24H27NO8. The van der Waals surface area contributed by atoms with E-state index in [2.05, 4.69) is 18.0 Å². The molecule has 1 heterocycles. The Morgan fingerprint density at radius 2 is 1.61 bits per heavy atom. The van der Waals surface area contributed by atoms with Gasteiger partial charge in [0, 0.05) is 35.9 Å². The molecule has 1 aliphatic heterocycles. The molecule has 0 fully saturated rings. The van der Waals surface area contributed by atoms with E-state index in [9.17, 15) is 14.7 Å². The Morgan fingerprint density at radius 3 is 2.15 bits per heavy atom.